The average Bonchev–Trinajstić information content (AvgIpc) is 2.73. The second-order valence-corrected chi connectivity index (χ2v) is 8.00. The van der Waals surface area contributed by atoms with Gasteiger partial charge in [0.2, 0.25) is 0 Å². The Bertz CT molecular complexity index is 986. The predicted molar refractivity (Wildman–Crippen MR) is 123 cm³/mol. The van der Waals surface area contributed by atoms with Crippen molar-refractivity contribution in [1.29, 1.82) is 0 Å². The summed E-state index contributed by atoms with van der Waals surface area (Å²) >= 11 is 0. The molecule has 3 aromatic rings. The van der Waals surface area contributed by atoms with Crippen LogP contribution >= 0.6 is 0 Å². The molecule has 0 atom stereocenters. The quantitative estimate of drug-likeness (QED) is 0.401. The summed E-state index contributed by atoms with van der Waals surface area (Å²) in [5, 5.41) is 0. The maximum Gasteiger partial charge on any atom is 0.0550 e. The number of hydrogen-bond donors (Lipinski definition) is 1. The van der Waals surface area contributed by atoms with Gasteiger partial charge in [-0.2, -0.15) is 30.3 Å². The first-order valence-corrected chi connectivity index (χ1v) is 10.3. The van der Waals surface area contributed by atoms with E-state index in [9.17, 15) is 0 Å². The van der Waals surface area contributed by atoms with Crippen LogP contribution in [0, 0.1) is 19.9 Å². The zero-order chi connectivity index (χ0) is 20.2. The second-order valence-electron chi connectivity index (χ2n) is 8.00. The summed E-state index contributed by atoms with van der Waals surface area (Å²) in [5.41, 5.74) is 14.7. The molecule has 0 bridgehead atoms. The van der Waals surface area contributed by atoms with Gasteiger partial charge in [0.25, 0.3) is 0 Å². The Balaban J connectivity index is 0.00000256. The SMILES string of the molecule is Cc1cc(C)cc(-c2cncc(/C=C/c3c[c-]ccc3)c2N2CCC(N)CC2)c1.[Cm]. The first kappa shape index (κ1) is 20.8. The monoisotopic (exact) mass is 625 g/mol. The summed E-state index contributed by atoms with van der Waals surface area (Å²) in [5.74, 6) is 0. The first-order valence-electron chi connectivity index (χ1n) is 10.3. The van der Waals surface area contributed by atoms with Crippen LogP contribution in [0.25, 0.3) is 23.3 Å². The number of anilines is 1. The summed E-state index contributed by atoms with van der Waals surface area (Å²) in [6, 6.07) is 18.2. The smallest absolute Gasteiger partial charge is 0.0550 e. The molecule has 0 saturated carbocycles. The fourth-order valence-corrected chi connectivity index (χ4v) is 4.11. The number of benzene rings is 2. The van der Waals surface area contributed by atoms with Gasteiger partial charge in [-0.05, 0) is 32.3 Å². The minimum Gasteiger partial charge on any atom is -0.370 e. The summed E-state index contributed by atoms with van der Waals surface area (Å²) in [7, 11) is 0. The van der Waals surface area contributed by atoms with Crippen LogP contribution < -0.4 is 10.6 Å². The van der Waals surface area contributed by atoms with Crippen LogP contribution in [0.3, 0.4) is 0 Å². The van der Waals surface area contributed by atoms with E-state index < -0.39 is 0 Å². The van der Waals surface area contributed by atoms with Crippen molar-refractivity contribution in [2.24, 2.45) is 5.73 Å². The Kier molecular flexibility index (Phi) is 6.29. The van der Waals surface area contributed by atoms with E-state index in [-0.39, 0.29) is 0 Å². The van der Waals surface area contributed by atoms with Crippen molar-refractivity contribution in [2.75, 3.05) is 18.0 Å². The Morgan fingerprint density at radius 2 is 1.80 bits per heavy atom. The van der Waals surface area contributed by atoms with Gasteiger partial charge in [-0.3, -0.25) is 4.98 Å². The minimum atomic E-state index is 0. The van der Waals surface area contributed by atoms with Crippen molar-refractivity contribution in [3.8, 4) is 11.1 Å². The van der Waals surface area contributed by atoms with E-state index in [0.29, 0.717) is 6.04 Å². The molecule has 0 aliphatic carbocycles. The molecule has 2 N–H and O–H groups in total. The van der Waals surface area contributed by atoms with Crippen LogP contribution in [0.5, 0.6) is 0 Å². The van der Waals surface area contributed by atoms with Crippen LogP contribution in [0.15, 0.2) is 54.9 Å². The van der Waals surface area contributed by atoms with E-state index in [1.54, 1.807) is 0 Å². The van der Waals surface area contributed by atoms with Crippen molar-refractivity contribution in [1.82, 2.24) is 4.98 Å². The van der Waals surface area contributed by atoms with Crippen LogP contribution in [0.1, 0.15) is 35.1 Å². The van der Waals surface area contributed by atoms with Crippen molar-refractivity contribution in [3.05, 3.63) is 83.2 Å². The molecule has 30 heavy (non-hydrogen) atoms. The third kappa shape index (κ3) is 4.56. The van der Waals surface area contributed by atoms with Gasteiger partial charge in [0, 0.05) is 42.7 Å². The molecule has 4 rings (SSSR count). The van der Waals surface area contributed by atoms with Gasteiger partial charge in [0.05, 0.1) is 5.69 Å². The predicted octanol–water partition coefficient (Wildman–Crippen LogP) is 5.26. The Labute approximate surface area is 173 Å². The molecule has 0 unspecified atom stereocenters. The van der Waals surface area contributed by atoms with Gasteiger partial charge in [0.15, 0.2) is 0 Å². The maximum absolute atomic E-state index is 6.18. The van der Waals surface area contributed by atoms with E-state index in [1.165, 1.54) is 27.9 Å². The number of aromatic nitrogens is 1. The molecule has 2 aromatic carbocycles. The Morgan fingerprint density at radius 1 is 1.07 bits per heavy atom. The molecule has 4 heteroatoms. The number of hydrogen-bond acceptors (Lipinski definition) is 3. The minimum absolute atomic E-state index is 0. The van der Waals surface area contributed by atoms with Gasteiger partial charge in [0.1, 0.15) is 0 Å². The number of nitrogens with two attached hydrogens (primary N) is 1. The van der Waals surface area contributed by atoms with Gasteiger partial charge < -0.3 is 10.6 Å². The number of aryl methyl sites for hydroxylation is 2. The van der Waals surface area contributed by atoms with Gasteiger partial charge in [-0.25, -0.2) is 0 Å². The molecular formula is C26H28CmN3-. The summed E-state index contributed by atoms with van der Waals surface area (Å²) in [6.07, 6.45) is 10.3. The van der Waals surface area contributed by atoms with E-state index >= 15 is 0 Å². The largest absolute Gasteiger partial charge is 0.370 e. The van der Waals surface area contributed by atoms with Crippen molar-refractivity contribution in [2.45, 2.75) is 32.7 Å². The Morgan fingerprint density at radius 3 is 2.47 bits per heavy atom. The van der Waals surface area contributed by atoms with Crippen LogP contribution in [0.4, 0.5) is 5.69 Å². The van der Waals surface area contributed by atoms with E-state index in [1.807, 2.05) is 30.6 Å². The zero-order valence-electron chi connectivity index (χ0n) is 17.6. The second kappa shape index (κ2) is 9.06. The molecule has 1 fully saturated rings. The van der Waals surface area contributed by atoms with Crippen LogP contribution in [-0.2, 0) is 0 Å². The normalized spacial score (nSPS) is 14.7. The van der Waals surface area contributed by atoms with Crippen LogP contribution in [-0.4, -0.2) is 24.1 Å². The first-order chi connectivity index (χ1) is 14.1. The molecule has 1 aliphatic rings. The van der Waals surface area contributed by atoms with E-state index in [0.717, 1.165) is 37.1 Å². The molecule has 2 heterocycles. The summed E-state index contributed by atoms with van der Waals surface area (Å²) in [6.45, 7) is 6.25. The van der Waals surface area contributed by atoms with Gasteiger partial charge in [-0.15, -0.1) is 11.6 Å². The molecule has 3 nitrogen and oxygen atoms in total. The number of rotatable bonds is 4. The number of pyridine rings is 1. The number of nitrogens with zero attached hydrogens (tertiary/aromatic N) is 2. The topological polar surface area (TPSA) is 42.2 Å². The fourth-order valence-electron chi connectivity index (χ4n) is 4.11. The molecule has 0 spiro atoms. The third-order valence-electron chi connectivity index (χ3n) is 5.52. The standard InChI is InChI=1S/C26H28N3.Cm/c1-19-14-20(2)16-23(15-19)25-18-28-17-22(9-8-21-6-4-3-5-7-21)26(25)29-12-10-24(27)11-13-29;/h3-4,6-9,14-18,24H,10-13,27H2,1-2H3;/q-1;/b9-8+;. The zero-order valence-corrected chi connectivity index (χ0v) is 20.5. The van der Waals surface area contributed by atoms with Gasteiger partial charge in [-0.1, -0.05) is 35.4 Å². The molecule has 0 amide bonds. The van der Waals surface area contributed by atoms with Crippen LogP contribution in [0.2, 0.25) is 0 Å². The molecule has 0 radical (unpaired) electrons. The maximum atomic E-state index is 6.18. The summed E-state index contributed by atoms with van der Waals surface area (Å²) < 4.78 is 0. The molecule has 1 saturated heterocycles. The molecular weight excluding hydrogens is 601 g/mol. The average molecular weight is 630 g/mol. The van der Waals surface area contributed by atoms with E-state index in [4.69, 9.17) is 5.73 Å². The van der Waals surface area contributed by atoms with E-state index in [2.05, 4.69) is 66.2 Å². The van der Waals surface area contributed by atoms with Crippen molar-refractivity contribution < 1.29 is 0 Å². The molecule has 1 aromatic heterocycles. The third-order valence-corrected chi connectivity index (χ3v) is 5.52. The fraction of sp³-hybridized carbons (Fsp3) is 0.269. The van der Waals surface area contributed by atoms with Crippen molar-refractivity contribution in [3.63, 3.8) is 0 Å². The van der Waals surface area contributed by atoms with Gasteiger partial charge >= 0.3 is 0 Å². The summed E-state index contributed by atoms with van der Waals surface area (Å²) in [4.78, 5) is 7.07. The molecule has 1 aliphatic heterocycles. The number of piperidine rings is 1. The Hall–Kier alpha value is -3.91. The van der Waals surface area contributed by atoms with Crippen molar-refractivity contribution >= 4 is 17.8 Å². The molecule has 156 valence electrons.